The van der Waals surface area contributed by atoms with E-state index in [1.165, 1.54) is 24.3 Å². The fraction of sp³-hybridized carbons (Fsp3) is 0.444. The van der Waals surface area contributed by atoms with Crippen LogP contribution in [0.4, 0.5) is 14.6 Å². The first-order valence-electron chi connectivity index (χ1n) is 16.3. The lowest BCUT2D eigenvalue weighted by Gasteiger charge is -2.31. The van der Waals surface area contributed by atoms with Crippen molar-refractivity contribution in [2.45, 2.75) is 64.5 Å². The Kier molecular flexibility index (Phi) is 7.76. The summed E-state index contributed by atoms with van der Waals surface area (Å²) in [5.41, 5.74) is 0.748. The van der Waals surface area contributed by atoms with Gasteiger partial charge in [-0.1, -0.05) is 18.9 Å². The van der Waals surface area contributed by atoms with Gasteiger partial charge in [-0.05, 0) is 82.6 Å². The number of phenolic OH excluding ortho intramolecular Hbond substituents is 1. The Labute approximate surface area is 267 Å². The lowest BCUT2D eigenvalue weighted by atomic mass is 9.95. The molecule has 2 saturated heterocycles. The molecule has 7 rings (SSSR count). The molecule has 8 nitrogen and oxygen atoms in total. The van der Waals surface area contributed by atoms with E-state index in [9.17, 15) is 9.50 Å². The number of ether oxygens (including phenoxy) is 1. The molecule has 3 aliphatic rings. The van der Waals surface area contributed by atoms with Gasteiger partial charge in [0.15, 0.2) is 18.6 Å². The van der Waals surface area contributed by atoms with Gasteiger partial charge in [-0.25, -0.2) is 18.3 Å². The van der Waals surface area contributed by atoms with Crippen molar-refractivity contribution in [2.75, 3.05) is 44.2 Å². The van der Waals surface area contributed by atoms with Gasteiger partial charge in [0.1, 0.15) is 41.2 Å². The van der Waals surface area contributed by atoms with E-state index in [-0.39, 0.29) is 39.6 Å². The smallest absolute Gasteiger partial charge is 0.319 e. The number of halogens is 2. The minimum absolute atomic E-state index is 0.0188. The fourth-order valence-electron chi connectivity index (χ4n) is 7.63. The molecular weight excluding hydrogens is 586 g/mol. The summed E-state index contributed by atoms with van der Waals surface area (Å²) in [5.74, 6) is 1.58. The first kappa shape index (κ1) is 30.3. The maximum atomic E-state index is 17.0. The maximum Gasteiger partial charge on any atom is 0.319 e. The molecule has 3 aliphatic heterocycles. The third kappa shape index (κ3) is 5.01. The standard InChI is InChI=1S/C36H38F2N6O2/c1-5-25-27(37)10-9-23-19-24(45)20-26(29(23)25)32-31(38)33-30(28(6-2)39-32)34(43-17-15-42(16-18-43)22(3)4)41-35(40-33)46-21-36-11-7-13-44(36)14-8-12-36/h1,9-10,15,19-20,22H,6-8,11-14,16-18,21H2,2-4H3/p+1. The van der Waals surface area contributed by atoms with E-state index in [1.54, 1.807) is 0 Å². The van der Waals surface area contributed by atoms with Gasteiger partial charge in [0.2, 0.25) is 0 Å². The second kappa shape index (κ2) is 11.8. The van der Waals surface area contributed by atoms with Crippen LogP contribution < -0.4 is 9.64 Å². The number of phenols is 1. The number of benzene rings is 2. The normalized spacial score (nSPS) is 17.9. The zero-order valence-electron chi connectivity index (χ0n) is 26.6. The highest BCUT2D eigenvalue weighted by Gasteiger charge is 2.45. The SMILES string of the molecule is C#Cc1c(F)ccc2cc(O)cc(-c3nc(CC)c4c(N5CC=[N+](C(C)C)CC5)nc(OCC56CCCN5CCC6)nc4c3F)c12. The van der Waals surface area contributed by atoms with Crippen LogP contribution >= 0.6 is 0 Å². The Morgan fingerprint density at radius 2 is 1.87 bits per heavy atom. The van der Waals surface area contributed by atoms with Crippen molar-refractivity contribution in [3.63, 3.8) is 0 Å². The molecule has 0 amide bonds. The van der Waals surface area contributed by atoms with Crippen molar-refractivity contribution < 1.29 is 23.2 Å². The summed E-state index contributed by atoms with van der Waals surface area (Å²) in [6.07, 6.45) is 12.7. The third-order valence-corrected chi connectivity index (χ3v) is 10.0. The summed E-state index contributed by atoms with van der Waals surface area (Å²) < 4.78 is 40.7. The Morgan fingerprint density at radius 1 is 1.09 bits per heavy atom. The highest BCUT2D eigenvalue weighted by molar-refractivity contribution is 6.03. The summed E-state index contributed by atoms with van der Waals surface area (Å²) in [7, 11) is 0. The Morgan fingerprint density at radius 3 is 2.54 bits per heavy atom. The van der Waals surface area contributed by atoms with Crippen LogP contribution in [-0.2, 0) is 6.42 Å². The summed E-state index contributed by atoms with van der Waals surface area (Å²) >= 11 is 0. The van der Waals surface area contributed by atoms with E-state index < -0.39 is 11.6 Å². The monoisotopic (exact) mass is 625 g/mol. The molecule has 0 saturated carbocycles. The number of aromatic hydroxyl groups is 1. The van der Waals surface area contributed by atoms with Crippen LogP contribution in [0.1, 0.15) is 57.7 Å². The number of fused-ring (bicyclic) bond motifs is 3. The predicted octanol–water partition coefficient (Wildman–Crippen LogP) is 5.69. The summed E-state index contributed by atoms with van der Waals surface area (Å²) in [5, 5.41) is 12.0. The van der Waals surface area contributed by atoms with Crippen molar-refractivity contribution in [3.8, 4) is 35.4 Å². The lowest BCUT2D eigenvalue weighted by Crippen LogP contribution is -2.44. The molecular formula is C36H39F2N6O2+. The molecule has 10 heteroatoms. The van der Waals surface area contributed by atoms with E-state index in [2.05, 4.69) is 40.4 Å². The van der Waals surface area contributed by atoms with Crippen LogP contribution in [0, 0.1) is 24.0 Å². The number of nitrogens with zero attached hydrogens (tertiary/aromatic N) is 6. The van der Waals surface area contributed by atoms with Crippen LogP contribution in [0.15, 0.2) is 24.3 Å². The Balaban J connectivity index is 1.43. The topological polar surface area (TPSA) is 77.6 Å². The van der Waals surface area contributed by atoms with Gasteiger partial charge in [-0.15, -0.1) is 6.42 Å². The highest BCUT2D eigenvalue weighted by Crippen LogP contribution is 2.42. The van der Waals surface area contributed by atoms with E-state index >= 15 is 4.39 Å². The number of hydrogen-bond acceptors (Lipinski definition) is 7. The van der Waals surface area contributed by atoms with Gasteiger partial charge in [-0.2, -0.15) is 9.97 Å². The van der Waals surface area contributed by atoms with Gasteiger partial charge >= 0.3 is 6.01 Å². The largest absolute Gasteiger partial charge is 0.508 e. The van der Waals surface area contributed by atoms with Crippen molar-refractivity contribution >= 4 is 33.7 Å². The number of aromatic nitrogens is 3. The van der Waals surface area contributed by atoms with Gasteiger partial charge in [0, 0.05) is 10.9 Å². The summed E-state index contributed by atoms with van der Waals surface area (Å²) in [6.45, 7) is 10.9. The molecule has 1 N–H and O–H groups in total. The maximum absolute atomic E-state index is 17.0. The second-order valence-corrected chi connectivity index (χ2v) is 13.0. The molecule has 0 radical (unpaired) electrons. The number of aryl methyl sites for hydroxylation is 1. The average Bonchev–Trinajstić information content (AvgIpc) is 3.64. The highest BCUT2D eigenvalue weighted by atomic mass is 19.1. The lowest BCUT2D eigenvalue weighted by molar-refractivity contribution is -0.555. The molecule has 2 fully saturated rings. The predicted molar refractivity (Wildman–Crippen MR) is 176 cm³/mol. The second-order valence-electron chi connectivity index (χ2n) is 13.0. The third-order valence-electron chi connectivity index (χ3n) is 10.0. The molecule has 0 spiro atoms. The van der Waals surface area contributed by atoms with Crippen LogP contribution in [0.25, 0.3) is 32.9 Å². The molecule has 4 aromatic rings. The summed E-state index contributed by atoms with van der Waals surface area (Å²) in [4.78, 5) is 19.1. The molecule has 238 valence electrons. The fourth-order valence-corrected chi connectivity index (χ4v) is 7.63. The van der Waals surface area contributed by atoms with Crippen LogP contribution in [0.5, 0.6) is 11.8 Å². The van der Waals surface area contributed by atoms with Gasteiger partial charge in [0.05, 0.1) is 35.3 Å². The molecule has 46 heavy (non-hydrogen) atoms. The quantitative estimate of drug-likeness (QED) is 0.209. The first-order valence-corrected chi connectivity index (χ1v) is 16.3. The molecule has 0 aliphatic carbocycles. The molecule has 2 aromatic carbocycles. The number of rotatable bonds is 7. The van der Waals surface area contributed by atoms with Crippen LogP contribution in [-0.4, -0.2) is 86.7 Å². The van der Waals surface area contributed by atoms with E-state index in [0.29, 0.717) is 59.8 Å². The summed E-state index contributed by atoms with van der Waals surface area (Å²) in [6, 6.07) is 6.11. The molecule has 0 atom stereocenters. The number of terminal acetylenes is 1. The first-order chi connectivity index (χ1) is 22.2. The van der Waals surface area contributed by atoms with Gasteiger partial charge < -0.3 is 14.7 Å². The minimum atomic E-state index is -0.703. The van der Waals surface area contributed by atoms with Crippen molar-refractivity contribution in [1.29, 1.82) is 0 Å². The van der Waals surface area contributed by atoms with E-state index in [4.69, 9.17) is 26.1 Å². The van der Waals surface area contributed by atoms with Gasteiger partial charge in [0.25, 0.3) is 0 Å². The molecule has 2 aromatic heterocycles. The van der Waals surface area contributed by atoms with Crippen LogP contribution in [0.2, 0.25) is 0 Å². The van der Waals surface area contributed by atoms with Crippen LogP contribution in [0.3, 0.4) is 0 Å². The average molecular weight is 626 g/mol. The zero-order valence-corrected chi connectivity index (χ0v) is 26.6. The van der Waals surface area contributed by atoms with Crippen molar-refractivity contribution in [1.82, 2.24) is 19.9 Å². The zero-order chi connectivity index (χ0) is 32.2. The molecule has 5 heterocycles. The van der Waals surface area contributed by atoms with Gasteiger partial charge in [-0.3, -0.25) is 4.90 Å². The number of anilines is 1. The van der Waals surface area contributed by atoms with Crippen molar-refractivity contribution in [3.05, 3.63) is 47.2 Å². The number of pyridine rings is 1. The van der Waals surface area contributed by atoms with Crippen molar-refractivity contribution in [2.24, 2.45) is 0 Å². The number of hydrogen-bond donors (Lipinski definition) is 1. The minimum Gasteiger partial charge on any atom is -0.508 e. The molecule has 0 unspecified atom stereocenters. The Bertz CT molecular complexity index is 1920. The molecule has 0 bridgehead atoms. The Hall–Kier alpha value is -4.36. The van der Waals surface area contributed by atoms with E-state index in [1.807, 2.05) is 6.92 Å². The van der Waals surface area contributed by atoms with E-state index in [0.717, 1.165) is 45.3 Å².